The molecule has 0 saturated carbocycles. The Morgan fingerprint density at radius 2 is 1.67 bits per heavy atom. The molecule has 0 radical (unpaired) electrons. The first kappa shape index (κ1) is 12.8. The number of aromatic amines is 1. The van der Waals surface area contributed by atoms with Gasteiger partial charge in [-0.1, -0.05) is 18.2 Å². The monoisotopic (exact) mass is 265 g/mol. The molecule has 1 atom stereocenters. The molecule has 0 amide bonds. The SMILES string of the molecule is OC(c1cc2ccccc2[nH]1)C(F)(F)C(F)(F)F. The summed E-state index contributed by atoms with van der Waals surface area (Å²) in [6.45, 7) is 0. The van der Waals surface area contributed by atoms with E-state index in [1.807, 2.05) is 0 Å². The molecule has 2 N–H and O–H groups in total. The van der Waals surface area contributed by atoms with Crippen molar-refractivity contribution in [1.29, 1.82) is 0 Å². The smallest absolute Gasteiger partial charge is 0.380 e. The molecule has 98 valence electrons. The van der Waals surface area contributed by atoms with Gasteiger partial charge in [-0.05, 0) is 17.5 Å². The Bertz CT molecular complexity index is 527. The predicted octanol–water partition coefficient (Wildman–Crippen LogP) is 3.40. The first-order chi connectivity index (χ1) is 8.23. The van der Waals surface area contributed by atoms with Crippen LogP contribution >= 0.6 is 0 Å². The molecule has 18 heavy (non-hydrogen) atoms. The third kappa shape index (κ3) is 1.94. The molecule has 1 aromatic heterocycles. The van der Waals surface area contributed by atoms with Crippen LogP contribution in [0.15, 0.2) is 30.3 Å². The van der Waals surface area contributed by atoms with Crippen LogP contribution in [0.1, 0.15) is 11.8 Å². The summed E-state index contributed by atoms with van der Waals surface area (Å²) in [7, 11) is 0. The summed E-state index contributed by atoms with van der Waals surface area (Å²) in [4.78, 5) is 2.34. The van der Waals surface area contributed by atoms with E-state index in [0.717, 1.165) is 6.07 Å². The maximum atomic E-state index is 12.9. The van der Waals surface area contributed by atoms with Crippen LogP contribution in [0.3, 0.4) is 0 Å². The molecule has 1 unspecified atom stereocenters. The van der Waals surface area contributed by atoms with Crippen LogP contribution in [0.4, 0.5) is 22.0 Å². The fourth-order valence-electron chi connectivity index (χ4n) is 1.59. The highest BCUT2D eigenvalue weighted by atomic mass is 19.4. The molecule has 0 aliphatic heterocycles. The maximum Gasteiger partial charge on any atom is 0.456 e. The molecule has 0 aliphatic carbocycles. The molecule has 7 heteroatoms. The lowest BCUT2D eigenvalue weighted by Gasteiger charge is -2.23. The second-order valence-electron chi connectivity index (χ2n) is 3.84. The number of hydrogen-bond donors (Lipinski definition) is 2. The lowest BCUT2D eigenvalue weighted by molar-refractivity contribution is -0.315. The summed E-state index contributed by atoms with van der Waals surface area (Å²) >= 11 is 0. The van der Waals surface area contributed by atoms with E-state index in [2.05, 4.69) is 4.98 Å². The minimum Gasteiger partial charge on any atom is -0.380 e. The normalized spacial score (nSPS) is 15.0. The molecule has 1 heterocycles. The molecule has 2 nitrogen and oxygen atoms in total. The standard InChI is InChI=1S/C11H8F5NO/c12-10(13,11(14,15)16)9(18)8-5-6-3-1-2-4-7(6)17-8/h1-5,9,17-18H. The fraction of sp³-hybridized carbons (Fsp3) is 0.273. The average Bonchev–Trinajstić information content (AvgIpc) is 2.69. The van der Waals surface area contributed by atoms with E-state index >= 15 is 0 Å². The maximum absolute atomic E-state index is 12.9. The molecular weight excluding hydrogens is 257 g/mol. The number of para-hydroxylation sites is 1. The molecule has 0 spiro atoms. The molecule has 2 rings (SSSR count). The van der Waals surface area contributed by atoms with Gasteiger partial charge in [0.05, 0.1) is 5.69 Å². The summed E-state index contributed by atoms with van der Waals surface area (Å²) in [6.07, 6.45) is -8.76. The van der Waals surface area contributed by atoms with E-state index in [1.165, 1.54) is 12.1 Å². The van der Waals surface area contributed by atoms with Crippen molar-refractivity contribution >= 4 is 10.9 Å². The molecule has 2 aromatic rings. The summed E-state index contributed by atoms with van der Waals surface area (Å²) in [5.74, 6) is -5.20. The quantitative estimate of drug-likeness (QED) is 0.802. The number of alkyl halides is 5. The van der Waals surface area contributed by atoms with Gasteiger partial charge in [-0.3, -0.25) is 0 Å². The number of nitrogens with one attached hydrogen (secondary N) is 1. The number of rotatable bonds is 2. The van der Waals surface area contributed by atoms with Crippen LogP contribution in [0, 0.1) is 0 Å². The molecule has 1 aromatic carbocycles. The van der Waals surface area contributed by atoms with Gasteiger partial charge in [-0.2, -0.15) is 22.0 Å². The number of aliphatic hydroxyl groups is 1. The largest absolute Gasteiger partial charge is 0.456 e. The number of H-pyrrole nitrogens is 1. The number of benzene rings is 1. The number of halogens is 5. The van der Waals surface area contributed by atoms with Gasteiger partial charge >= 0.3 is 12.1 Å². The zero-order valence-electron chi connectivity index (χ0n) is 8.80. The van der Waals surface area contributed by atoms with Crippen molar-refractivity contribution < 1.29 is 27.1 Å². The second kappa shape index (κ2) is 3.94. The van der Waals surface area contributed by atoms with Gasteiger partial charge in [0.1, 0.15) is 0 Å². The second-order valence-corrected chi connectivity index (χ2v) is 3.84. The first-order valence-corrected chi connectivity index (χ1v) is 4.94. The Balaban J connectivity index is 2.42. The number of fused-ring (bicyclic) bond motifs is 1. The van der Waals surface area contributed by atoms with Gasteiger partial charge < -0.3 is 10.1 Å². The van der Waals surface area contributed by atoms with Crippen LogP contribution < -0.4 is 0 Å². The van der Waals surface area contributed by atoms with E-state index in [-0.39, 0.29) is 0 Å². The lowest BCUT2D eigenvalue weighted by Crippen LogP contribution is -2.42. The Morgan fingerprint density at radius 3 is 2.22 bits per heavy atom. The van der Waals surface area contributed by atoms with Crippen molar-refractivity contribution in [3.05, 3.63) is 36.0 Å². The highest BCUT2D eigenvalue weighted by Crippen LogP contribution is 2.44. The third-order valence-corrected chi connectivity index (χ3v) is 2.57. The first-order valence-electron chi connectivity index (χ1n) is 4.94. The Hall–Kier alpha value is -1.63. The summed E-state index contributed by atoms with van der Waals surface area (Å²) < 4.78 is 62.2. The van der Waals surface area contributed by atoms with Gasteiger partial charge in [0.25, 0.3) is 0 Å². The van der Waals surface area contributed by atoms with E-state index in [9.17, 15) is 27.1 Å². The van der Waals surface area contributed by atoms with Crippen molar-refractivity contribution in [1.82, 2.24) is 4.98 Å². The summed E-state index contributed by atoms with van der Waals surface area (Å²) in [6, 6.07) is 7.32. The van der Waals surface area contributed by atoms with E-state index in [1.54, 1.807) is 12.1 Å². The number of aliphatic hydroxyl groups excluding tert-OH is 1. The van der Waals surface area contributed by atoms with Crippen molar-refractivity contribution in [2.45, 2.75) is 18.2 Å². The molecular formula is C11H8F5NO. The van der Waals surface area contributed by atoms with Crippen LogP contribution in [0.2, 0.25) is 0 Å². The zero-order valence-corrected chi connectivity index (χ0v) is 8.80. The predicted molar refractivity (Wildman–Crippen MR) is 54.3 cm³/mol. The van der Waals surface area contributed by atoms with Crippen molar-refractivity contribution in [2.75, 3.05) is 0 Å². The Morgan fingerprint density at radius 1 is 1.06 bits per heavy atom. The van der Waals surface area contributed by atoms with E-state index < -0.39 is 23.9 Å². The number of aromatic nitrogens is 1. The van der Waals surface area contributed by atoms with Gasteiger partial charge in [0.15, 0.2) is 6.10 Å². The Labute approximate surface area is 98.0 Å². The van der Waals surface area contributed by atoms with Crippen LogP contribution in [-0.2, 0) is 0 Å². The topological polar surface area (TPSA) is 36.0 Å². The molecule has 0 aliphatic rings. The van der Waals surface area contributed by atoms with Crippen LogP contribution in [0.25, 0.3) is 10.9 Å². The number of hydrogen-bond acceptors (Lipinski definition) is 1. The molecule has 0 saturated heterocycles. The summed E-state index contributed by atoms with van der Waals surface area (Å²) in [5, 5.41) is 9.63. The highest BCUT2D eigenvalue weighted by molar-refractivity contribution is 5.80. The lowest BCUT2D eigenvalue weighted by atomic mass is 10.1. The van der Waals surface area contributed by atoms with E-state index in [0.29, 0.717) is 10.9 Å². The van der Waals surface area contributed by atoms with Gasteiger partial charge in [-0.15, -0.1) is 0 Å². The Kier molecular flexibility index (Phi) is 2.81. The van der Waals surface area contributed by atoms with E-state index in [4.69, 9.17) is 0 Å². The highest BCUT2D eigenvalue weighted by Gasteiger charge is 2.63. The minimum absolute atomic E-state index is 0.379. The molecule has 0 fully saturated rings. The van der Waals surface area contributed by atoms with Gasteiger partial charge in [0, 0.05) is 5.52 Å². The summed E-state index contributed by atoms with van der Waals surface area (Å²) in [5.41, 5.74) is -0.192. The third-order valence-electron chi connectivity index (χ3n) is 2.57. The van der Waals surface area contributed by atoms with Crippen molar-refractivity contribution in [3.63, 3.8) is 0 Å². The fourth-order valence-corrected chi connectivity index (χ4v) is 1.59. The van der Waals surface area contributed by atoms with Crippen LogP contribution in [0.5, 0.6) is 0 Å². The van der Waals surface area contributed by atoms with Gasteiger partial charge in [-0.25, -0.2) is 0 Å². The van der Waals surface area contributed by atoms with Gasteiger partial charge in [0.2, 0.25) is 0 Å². The van der Waals surface area contributed by atoms with Crippen molar-refractivity contribution in [2.24, 2.45) is 0 Å². The van der Waals surface area contributed by atoms with Crippen molar-refractivity contribution in [3.8, 4) is 0 Å². The van der Waals surface area contributed by atoms with Crippen LogP contribution in [-0.4, -0.2) is 22.2 Å². The average molecular weight is 265 g/mol. The minimum atomic E-state index is -5.80. The zero-order chi connectivity index (χ0) is 13.6. The molecule has 0 bridgehead atoms.